The Balaban J connectivity index is 2.13. The second-order valence-electron chi connectivity index (χ2n) is 5.39. The van der Waals surface area contributed by atoms with Gasteiger partial charge in [-0.3, -0.25) is 0 Å². The molecule has 0 radical (unpaired) electrons. The molecule has 0 spiro atoms. The van der Waals surface area contributed by atoms with E-state index in [9.17, 15) is 17.6 Å². The Morgan fingerprint density at radius 2 is 1.80 bits per heavy atom. The van der Waals surface area contributed by atoms with Crippen LogP contribution in [0.4, 0.5) is 23.2 Å². The number of nitrogens with zero attached hydrogens (tertiary/aromatic N) is 4. The molecule has 2 rings (SSSR count). The Morgan fingerprint density at radius 3 is 2.40 bits per heavy atom. The van der Waals surface area contributed by atoms with Crippen molar-refractivity contribution >= 4 is 17.6 Å². The normalized spacial score (nSPS) is 17.7. The van der Waals surface area contributed by atoms with E-state index in [1.54, 1.807) is 0 Å². The average Bonchev–Trinajstić information content (AvgIpc) is 2.49. The van der Waals surface area contributed by atoms with Gasteiger partial charge in [-0.2, -0.15) is 4.99 Å². The zero-order valence-corrected chi connectivity index (χ0v) is 13.4. The quantitative estimate of drug-likeness (QED) is 0.469. The summed E-state index contributed by atoms with van der Waals surface area (Å²) in [7, 11) is 1.98. The zero-order chi connectivity index (χ0) is 18.6. The number of halogens is 4. The maximum absolute atomic E-state index is 13.4. The molecule has 0 atom stereocenters. The molecule has 1 aromatic carbocycles. The molecule has 138 valence electrons. The lowest BCUT2D eigenvalue weighted by Crippen LogP contribution is -2.50. The molecule has 0 aromatic heterocycles. The number of nitrogens with two attached hydrogens (primary N) is 2. The van der Waals surface area contributed by atoms with Gasteiger partial charge in [0.1, 0.15) is 0 Å². The molecule has 4 N–H and O–H groups in total. The molecule has 11 heteroatoms. The van der Waals surface area contributed by atoms with Crippen molar-refractivity contribution in [2.75, 3.05) is 33.2 Å². The predicted molar refractivity (Wildman–Crippen MR) is 85.1 cm³/mol. The third-order valence-electron chi connectivity index (χ3n) is 3.44. The Morgan fingerprint density at radius 1 is 1.16 bits per heavy atom. The third kappa shape index (κ3) is 5.78. The van der Waals surface area contributed by atoms with Crippen LogP contribution in [0.2, 0.25) is 0 Å². The van der Waals surface area contributed by atoms with Crippen LogP contribution in [-0.2, 0) is 0 Å². The fourth-order valence-electron chi connectivity index (χ4n) is 2.15. The van der Waals surface area contributed by atoms with Gasteiger partial charge in [0.05, 0.1) is 5.69 Å². The van der Waals surface area contributed by atoms with Gasteiger partial charge in [0.15, 0.2) is 17.5 Å². The van der Waals surface area contributed by atoms with Crippen molar-refractivity contribution in [2.45, 2.75) is 6.36 Å². The number of hydrogen-bond acceptors (Lipinski definition) is 3. The average molecular weight is 362 g/mol. The first-order valence-corrected chi connectivity index (χ1v) is 7.31. The van der Waals surface area contributed by atoms with Gasteiger partial charge >= 0.3 is 6.36 Å². The summed E-state index contributed by atoms with van der Waals surface area (Å²) in [6, 6.07) is 2.71. The molecule has 0 bridgehead atoms. The second kappa shape index (κ2) is 7.55. The van der Waals surface area contributed by atoms with Crippen molar-refractivity contribution in [1.82, 2.24) is 9.80 Å². The van der Waals surface area contributed by atoms with Gasteiger partial charge < -0.3 is 26.0 Å². The van der Waals surface area contributed by atoms with Crippen LogP contribution in [0.5, 0.6) is 5.75 Å². The highest BCUT2D eigenvalue weighted by Crippen LogP contribution is 2.29. The molecule has 1 heterocycles. The Labute approximate surface area is 141 Å². The van der Waals surface area contributed by atoms with Crippen molar-refractivity contribution in [3.05, 3.63) is 24.0 Å². The number of aliphatic imine (C=N–C) groups is 2. The first-order chi connectivity index (χ1) is 11.6. The van der Waals surface area contributed by atoms with E-state index in [1.807, 2.05) is 11.9 Å². The van der Waals surface area contributed by atoms with E-state index in [0.717, 1.165) is 31.3 Å². The van der Waals surface area contributed by atoms with Crippen LogP contribution in [0.3, 0.4) is 0 Å². The summed E-state index contributed by atoms with van der Waals surface area (Å²) in [4.78, 5) is 11.7. The van der Waals surface area contributed by atoms with Gasteiger partial charge in [-0.05, 0) is 19.2 Å². The Bertz CT molecular complexity index is 668. The summed E-state index contributed by atoms with van der Waals surface area (Å²) < 4.78 is 53.6. The minimum Gasteiger partial charge on any atom is -0.403 e. The molecule has 0 amide bonds. The fraction of sp³-hybridized carbons (Fsp3) is 0.429. The summed E-state index contributed by atoms with van der Waals surface area (Å²) in [6.45, 7) is 2.95. The molecule has 1 fully saturated rings. The number of benzene rings is 1. The van der Waals surface area contributed by atoms with Crippen LogP contribution < -0.4 is 16.2 Å². The largest absolute Gasteiger partial charge is 0.573 e. The molecule has 1 aliphatic heterocycles. The van der Waals surface area contributed by atoms with Crippen LogP contribution in [0, 0.1) is 5.82 Å². The number of rotatable bonds is 2. The van der Waals surface area contributed by atoms with Crippen LogP contribution in [0.15, 0.2) is 28.2 Å². The smallest absolute Gasteiger partial charge is 0.403 e. The van der Waals surface area contributed by atoms with Crippen LogP contribution in [0.25, 0.3) is 0 Å². The van der Waals surface area contributed by atoms with E-state index >= 15 is 0 Å². The molecule has 25 heavy (non-hydrogen) atoms. The fourth-order valence-corrected chi connectivity index (χ4v) is 2.15. The van der Waals surface area contributed by atoms with Gasteiger partial charge in [-0.25, -0.2) is 9.38 Å². The number of guanidine groups is 2. The van der Waals surface area contributed by atoms with Gasteiger partial charge in [0.2, 0.25) is 5.96 Å². The van der Waals surface area contributed by atoms with Crippen LogP contribution >= 0.6 is 0 Å². The predicted octanol–water partition coefficient (Wildman–Crippen LogP) is 1.23. The summed E-state index contributed by atoms with van der Waals surface area (Å²) >= 11 is 0. The minimum absolute atomic E-state index is 0.0481. The van der Waals surface area contributed by atoms with E-state index in [4.69, 9.17) is 11.5 Å². The van der Waals surface area contributed by atoms with Crippen molar-refractivity contribution in [2.24, 2.45) is 21.5 Å². The van der Waals surface area contributed by atoms with Crippen LogP contribution in [0.1, 0.15) is 0 Å². The zero-order valence-electron chi connectivity index (χ0n) is 13.4. The first kappa shape index (κ1) is 18.8. The molecule has 1 aromatic rings. The molecule has 0 aliphatic carbocycles. The molecule has 0 saturated carbocycles. The highest BCUT2D eigenvalue weighted by molar-refractivity contribution is 5.94. The van der Waals surface area contributed by atoms with E-state index in [1.165, 1.54) is 0 Å². The molecule has 7 nitrogen and oxygen atoms in total. The standard InChI is InChI=1S/C14H18F4N6O/c1-23-4-6-24(7-5-23)13(20)22-12(19)21-9-2-3-10(15)11(8-9)25-14(16,17)18/h2-3,8H,4-7H2,1H3,(H4,19,20,21,22). The van der Waals surface area contributed by atoms with Gasteiger partial charge in [-0.15, -0.1) is 13.2 Å². The number of hydrogen-bond donors (Lipinski definition) is 2. The van der Waals surface area contributed by atoms with E-state index < -0.39 is 17.9 Å². The molecular formula is C14H18F4N6O. The first-order valence-electron chi connectivity index (χ1n) is 7.31. The number of piperazine rings is 1. The van der Waals surface area contributed by atoms with Crippen molar-refractivity contribution in [3.8, 4) is 5.75 Å². The summed E-state index contributed by atoms with van der Waals surface area (Å²) in [5.41, 5.74) is 11.4. The molecule has 1 aliphatic rings. The van der Waals surface area contributed by atoms with Crippen LogP contribution in [-0.4, -0.2) is 61.3 Å². The SMILES string of the molecule is CN1CCN(C(N)=NC(N)=Nc2ccc(F)c(OC(F)(F)F)c2)CC1. The topological polar surface area (TPSA) is 92.5 Å². The van der Waals surface area contributed by atoms with E-state index in [0.29, 0.717) is 13.1 Å². The number of ether oxygens (including phenoxy) is 1. The third-order valence-corrected chi connectivity index (χ3v) is 3.44. The molecule has 1 saturated heterocycles. The highest BCUT2D eigenvalue weighted by atomic mass is 19.4. The van der Waals surface area contributed by atoms with Crippen molar-refractivity contribution in [1.29, 1.82) is 0 Å². The maximum atomic E-state index is 13.4. The summed E-state index contributed by atoms with van der Waals surface area (Å²) in [5, 5.41) is 0. The maximum Gasteiger partial charge on any atom is 0.573 e. The van der Waals surface area contributed by atoms with E-state index in [2.05, 4.69) is 19.6 Å². The lowest BCUT2D eigenvalue weighted by Gasteiger charge is -2.32. The lowest BCUT2D eigenvalue weighted by atomic mass is 10.3. The summed E-state index contributed by atoms with van der Waals surface area (Å²) in [6.07, 6.45) is -5.02. The number of alkyl halides is 3. The second-order valence-corrected chi connectivity index (χ2v) is 5.39. The van der Waals surface area contributed by atoms with Gasteiger partial charge in [0.25, 0.3) is 0 Å². The van der Waals surface area contributed by atoms with Gasteiger partial charge in [0, 0.05) is 32.2 Å². The van der Waals surface area contributed by atoms with E-state index in [-0.39, 0.29) is 17.6 Å². The Hall–Kier alpha value is -2.56. The minimum atomic E-state index is -5.02. The summed E-state index contributed by atoms with van der Waals surface area (Å²) in [5.74, 6) is -2.28. The van der Waals surface area contributed by atoms with Crippen molar-refractivity contribution < 1.29 is 22.3 Å². The highest BCUT2D eigenvalue weighted by Gasteiger charge is 2.32. The van der Waals surface area contributed by atoms with Gasteiger partial charge in [-0.1, -0.05) is 0 Å². The number of likely N-dealkylation sites (N-methyl/N-ethyl adjacent to an activating group) is 1. The molecular weight excluding hydrogens is 344 g/mol. The monoisotopic (exact) mass is 362 g/mol. The Kier molecular flexibility index (Phi) is 5.67. The molecule has 0 unspecified atom stereocenters. The lowest BCUT2D eigenvalue weighted by molar-refractivity contribution is -0.275. The van der Waals surface area contributed by atoms with Crippen molar-refractivity contribution in [3.63, 3.8) is 0 Å².